The number of aliphatic hydroxyl groups is 1. The van der Waals surface area contributed by atoms with Crippen molar-refractivity contribution in [1.29, 1.82) is 0 Å². The summed E-state index contributed by atoms with van der Waals surface area (Å²) in [6.45, 7) is 5.36. The molecule has 0 saturated carbocycles. The fourth-order valence-electron chi connectivity index (χ4n) is 13.0. The Hall–Kier alpha value is -9.95. The van der Waals surface area contributed by atoms with Crippen LogP contribution in [0.2, 0.25) is 0 Å². The maximum Gasteiger partial charge on any atom is 0.262 e. The molecule has 3 atom stereocenters. The first-order valence-electron chi connectivity index (χ1n) is 32.7. The summed E-state index contributed by atoms with van der Waals surface area (Å²) in [7, 11) is -4.93. The highest BCUT2D eigenvalue weighted by atomic mass is 32.3. The van der Waals surface area contributed by atoms with E-state index < -0.39 is 10.4 Å². The number of phenolic OH excluding ortho intramolecular Hbond substituents is 5. The van der Waals surface area contributed by atoms with Crippen molar-refractivity contribution < 1.29 is 80.9 Å². The van der Waals surface area contributed by atoms with Crippen LogP contribution >= 0.6 is 12.3 Å². The standard InChI is InChI=1S/C26H25NO9S2.C26H25NO3.C11H8O2.C10H8O2.C5H11NO/c28-35-36-37-33-25-12-11-18-6-1-3-9-22(18)24(25)16-27-13-5-8-20(27)17-32-26-15-21(34-38(29,30)31)14-19-7-2-4-10-23(19)26;28-21-14-19-7-2-4-10-23(19)26(15-21)30-17-20-8-5-13-27(20)16-24-22-9-3-1-6-18(22)11-12-25(24)29;12-7-10-9-4-2-1-3-8(9)5-6-11(10)13;11-8-5-7-3-1-2-4-9(7)10(12)6-8;7-4-5-2-1-3-6-5/h1-4,6-7,9-12,14-15,20,28H,5,8,13,16-17H2,(H,29,30,31);1-4,6-7,9-12,14-15,20,28-29H,5,8,13,16-17H2;1-7,13H;1-6,11-12H;5-7H,1-4H2/p-2/t2*20-;;;5-/m00..1/s1. The molecule has 100 heavy (non-hydrogen) atoms. The van der Waals surface area contributed by atoms with Crippen LogP contribution in [0.5, 0.6) is 51.7 Å². The van der Waals surface area contributed by atoms with E-state index >= 15 is 0 Å². The number of hydrogen-bond donors (Lipinski definition) is 7. The van der Waals surface area contributed by atoms with E-state index in [2.05, 4.69) is 40.8 Å². The molecule has 0 amide bonds. The molecule has 15 rings (SSSR count). The largest absolute Gasteiger partial charge is 0.716 e. The number of aldehydes is 1. The molecule has 0 radical (unpaired) electrons. The van der Waals surface area contributed by atoms with E-state index in [4.69, 9.17) is 23.9 Å². The summed E-state index contributed by atoms with van der Waals surface area (Å²) in [6, 6.07) is 67.1. The highest BCUT2D eigenvalue weighted by Gasteiger charge is 2.29. The van der Waals surface area contributed by atoms with Crippen LogP contribution in [0.4, 0.5) is 0 Å². The maximum atomic E-state index is 11.2. The summed E-state index contributed by atoms with van der Waals surface area (Å²) in [4.78, 5) is 15.4. The van der Waals surface area contributed by atoms with E-state index in [1.807, 2.05) is 140 Å². The Morgan fingerprint density at radius 3 is 1.53 bits per heavy atom. The predicted molar refractivity (Wildman–Crippen MR) is 384 cm³/mol. The van der Waals surface area contributed by atoms with Gasteiger partial charge in [-0.2, -0.15) is 0 Å². The molecule has 0 aliphatic carbocycles. The monoisotopic (exact) mass is 1390 g/mol. The molecule has 0 aromatic heterocycles. The minimum absolute atomic E-state index is 0.0358. The number of rotatable bonds is 18. The van der Waals surface area contributed by atoms with Crippen molar-refractivity contribution in [3.8, 4) is 51.7 Å². The second-order valence-electron chi connectivity index (χ2n) is 24.3. The van der Waals surface area contributed by atoms with Crippen molar-refractivity contribution in [1.82, 2.24) is 15.1 Å². The lowest BCUT2D eigenvalue weighted by Crippen LogP contribution is -2.34. The molecular formula is C78H75N3O17S2-2. The third-order valence-corrected chi connectivity index (χ3v) is 18.6. The zero-order chi connectivity index (χ0) is 70.0. The Kier molecular flexibility index (Phi) is 24.4. The van der Waals surface area contributed by atoms with Gasteiger partial charge < -0.3 is 63.6 Å². The van der Waals surface area contributed by atoms with E-state index in [9.17, 15) is 43.4 Å². The summed E-state index contributed by atoms with van der Waals surface area (Å²) in [5, 5.41) is 84.8. The van der Waals surface area contributed by atoms with Crippen LogP contribution in [-0.2, 0) is 32.9 Å². The van der Waals surface area contributed by atoms with Crippen LogP contribution in [0.15, 0.2) is 218 Å². The zero-order valence-corrected chi connectivity index (χ0v) is 56.0. The van der Waals surface area contributed by atoms with Gasteiger partial charge in [-0.1, -0.05) is 164 Å². The molecule has 7 N–H and O–H groups in total. The van der Waals surface area contributed by atoms with Crippen LogP contribution in [-0.4, -0.2) is 117 Å². The molecule has 0 spiro atoms. The quantitative estimate of drug-likeness (QED) is 0.00799. The first-order chi connectivity index (χ1) is 48.6. The highest BCUT2D eigenvalue weighted by Crippen LogP contribution is 2.38. The molecule has 22 heteroatoms. The molecule has 12 aromatic carbocycles. The molecule has 0 bridgehead atoms. The molecule has 20 nitrogen and oxygen atoms in total. The predicted octanol–water partition coefficient (Wildman–Crippen LogP) is 13.8. The molecular weight excluding hydrogens is 1310 g/mol. The van der Waals surface area contributed by atoms with Crippen molar-refractivity contribution in [2.24, 2.45) is 0 Å². The number of phenols is 5. The van der Waals surface area contributed by atoms with E-state index in [1.165, 1.54) is 30.7 Å². The van der Waals surface area contributed by atoms with Gasteiger partial charge in [0.25, 0.3) is 22.7 Å². The molecule has 3 fully saturated rings. The summed E-state index contributed by atoms with van der Waals surface area (Å²) in [5.74, 6) is 2.39. The number of carbonyl (C=O) groups excluding carboxylic acids is 1. The Morgan fingerprint density at radius 2 is 0.980 bits per heavy atom. The van der Waals surface area contributed by atoms with Crippen molar-refractivity contribution in [3.05, 3.63) is 235 Å². The molecule has 12 aromatic rings. The van der Waals surface area contributed by atoms with Crippen molar-refractivity contribution in [3.63, 3.8) is 0 Å². The number of carbonyl (C=O) groups is 1. The van der Waals surface area contributed by atoms with E-state index in [1.54, 1.807) is 42.5 Å². The molecule has 3 aliphatic rings. The summed E-state index contributed by atoms with van der Waals surface area (Å²) < 4.78 is 60.4. The minimum Gasteiger partial charge on any atom is -0.716 e. The summed E-state index contributed by atoms with van der Waals surface area (Å²) >= 11 is 0.447. The van der Waals surface area contributed by atoms with Gasteiger partial charge in [-0.3, -0.25) is 19.6 Å². The lowest BCUT2D eigenvalue weighted by molar-refractivity contribution is -0.777. The lowest BCUT2D eigenvalue weighted by Gasteiger charge is -2.26. The van der Waals surface area contributed by atoms with Gasteiger partial charge in [0.15, 0.2) is 6.29 Å². The Morgan fingerprint density at radius 1 is 0.500 bits per heavy atom. The Balaban J connectivity index is 0.000000142. The topological polar surface area (TPSA) is 293 Å². The number of nitrogens with one attached hydrogen (secondary N) is 1. The van der Waals surface area contributed by atoms with Gasteiger partial charge in [0, 0.05) is 76.7 Å². The first-order valence-corrected chi connectivity index (χ1v) is 34.7. The van der Waals surface area contributed by atoms with Crippen molar-refractivity contribution >= 4 is 93.6 Å². The average molecular weight is 1390 g/mol. The third-order valence-electron chi connectivity index (χ3n) is 17.9. The van der Waals surface area contributed by atoms with Crippen molar-refractivity contribution in [2.45, 2.75) is 69.7 Å². The zero-order valence-electron chi connectivity index (χ0n) is 54.4. The van der Waals surface area contributed by atoms with E-state index in [-0.39, 0.29) is 40.8 Å². The average Bonchev–Trinajstić information content (AvgIpc) is 1.26. The van der Waals surface area contributed by atoms with Gasteiger partial charge >= 0.3 is 0 Å². The molecule has 518 valence electrons. The highest BCUT2D eigenvalue weighted by molar-refractivity contribution is 7.90. The second-order valence-corrected chi connectivity index (χ2v) is 25.7. The second kappa shape index (κ2) is 34.2. The normalized spacial score (nSPS) is 16.0. The summed E-state index contributed by atoms with van der Waals surface area (Å²) in [5.41, 5.74) is 2.26. The van der Waals surface area contributed by atoms with Gasteiger partial charge in [0.2, 0.25) is 0 Å². The lowest BCUT2D eigenvalue weighted by atomic mass is 10.0. The van der Waals surface area contributed by atoms with Crippen LogP contribution in [0.3, 0.4) is 0 Å². The minimum atomic E-state index is -4.93. The van der Waals surface area contributed by atoms with E-state index in [0.717, 1.165) is 122 Å². The molecule has 3 saturated heterocycles. The maximum absolute atomic E-state index is 11.2. The molecule has 3 aliphatic heterocycles. The van der Waals surface area contributed by atoms with Gasteiger partial charge in [-0.15, -0.1) is 4.33 Å². The van der Waals surface area contributed by atoms with Gasteiger partial charge in [-0.05, 0) is 143 Å². The van der Waals surface area contributed by atoms with Crippen LogP contribution in [0.25, 0.3) is 64.6 Å². The number of hydrogen-bond acceptors (Lipinski definition) is 21. The number of ether oxygens (including phenoxy) is 2. The number of aliphatic hydroxyl groups excluding tert-OH is 1. The number of benzene rings is 12. The fraction of sp³-hybridized carbons (Fsp3) is 0.218. The van der Waals surface area contributed by atoms with Gasteiger partial charge in [0.05, 0.1) is 12.2 Å². The van der Waals surface area contributed by atoms with Gasteiger partial charge in [-0.25, -0.2) is 8.42 Å². The molecule has 3 heterocycles. The third kappa shape index (κ3) is 18.5. The molecule has 0 unspecified atom stereocenters. The van der Waals surface area contributed by atoms with Crippen LogP contribution in [0.1, 0.15) is 60.0 Å². The Labute approximate surface area is 582 Å². The summed E-state index contributed by atoms with van der Waals surface area (Å²) in [6.07, 6.45) is 7.09. The van der Waals surface area contributed by atoms with Crippen molar-refractivity contribution in [2.75, 3.05) is 39.5 Å². The number of likely N-dealkylation sites (tertiary alicyclic amines) is 2. The number of aromatic hydroxyl groups is 5. The van der Waals surface area contributed by atoms with E-state index in [0.29, 0.717) is 91.5 Å². The number of fused-ring (bicyclic) bond motifs is 6. The Bertz CT molecular complexity index is 4890. The van der Waals surface area contributed by atoms with Gasteiger partial charge in [0.1, 0.15) is 65.0 Å². The smallest absolute Gasteiger partial charge is 0.262 e. The van der Waals surface area contributed by atoms with Crippen LogP contribution < -0.4 is 28.4 Å². The SMILES string of the molecule is O=Cc1c(O)ccc2ccccc12.O=S(=O)([O-])Oc1cc(OC[C@@H]2CCCN2Cc2c(OSOO[O-])ccc3ccccc23)c2ccccc2c1.OC[C@H]1CCCN1.Oc1cc(O)c2ccccc2c1.Oc1cc(OC[C@@H]2CCCN2Cc2c(O)ccc3ccccc23)c2ccccc2c1. The fourth-order valence-corrected chi connectivity index (χ4v) is 13.6. The van der Waals surface area contributed by atoms with Crippen LogP contribution in [0, 0.1) is 0 Å². The number of nitrogens with zero attached hydrogens (tertiary/aromatic N) is 2. The first kappa shape index (κ1) is 71.3.